The van der Waals surface area contributed by atoms with Gasteiger partial charge in [0.25, 0.3) is 5.69 Å². The van der Waals surface area contributed by atoms with Crippen LogP contribution in [0.2, 0.25) is 0 Å². The molecule has 0 aliphatic heterocycles. The Bertz CT molecular complexity index is 742. The predicted octanol–water partition coefficient (Wildman–Crippen LogP) is 3.54. The van der Waals surface area contributed by atoms with Crippen molar-refractivity contribution in [1.29, 1.82) is 0 Å². The van der Waals surface area contributed by atoms with E-state index in [1.807, 2.05) is 4.57 Å². The van der Waals surface area contributed by atoms with Crippen molar-refractivity contribution in [2.45, 2.75) is 35.4 Å². The molecule has 1 aliphatic rings. The van der Waals surface area contributed by atoms with Gasteiger partial charge in [-0.15, -0.1) is 16.8 Å². The van der Waals surface area contributed by atoms with Crippen LogP contribution in [0.1, 0.15) is 24.6 Å². The number of hydrogen-bond acceptors (Lipinski definition) is 5. The third kappa shape index (κ3) is 2.87. The van der Waals surface area contributed by atoms with Crippen LogP contribution in [0.25, 0.3) is 0 Å². The van der Waals surface area contributed by atoms with Crippen LogP contribution in [0.15, 0.2) is 40.9 Å². The van der Waals surface area contributed by atoms with Crippen LogP contribution >= 0.6 is 11.8 Å². The van der Waals surface area contributed by atoms with E-state index >= 15 is 0 Å². The van der Waals surface area contributed by atoms with Gasteiger partial charge in [-0.2, -0.15) is 0 Å². The van der Waals surface area contributed by atoms with Crippen molar-refractivity contribution in [3.05, 3.63) is 52.6 Å². The lowest BCUT2D eigenvalue weighted by molar-refractivity contribution is -0.387. The monoisotopic (exact) mass is 320 g/mol. The van der Waals surface area contributed by atoms with E-state index in [1.165, 1.54) is 12.1 Å². The van der Waals surface area contributed by atoms with Gasteiger partial charge in [0.15, 0.2) is 5.16 Å². The highest BCUT2D eigenvalue weighted by Crippen LogP contribution is 2.41. The molecule has 0 radical (unpaired) electrons. The van der Waals surface area contributed by atoms with Gasteiger partial charge < -0.3 is 4.57 Å². The van der Waals surface area contributed by atoms with Gasteiger partial charge >= 0.3 is 0 Å². The van der Waals surface area contributed by atoms with E-state index in [4.69, 9.17) is 0 Å². The Morgan fingerprint density at radius 1 is 1.50 bits per heavy atom. The second kappa shape index (κ2) is 5.88. The molecule has 0 saturated heterocycles. The zero-order valence-electron chi connectivity index (χ0n) is 11.6. The van der Waals surface area contributed by atoms with Gasteiger partial charge in [0.2, 0.25) is 0 Å². The zero-order chi connectivity index (χ0) is 15.7. The molecule has 1 saturated carbocycles. The molecule has 1 aliphatic carbocycles. The fourth-order valence-electron chi connectivity index (χ4n) is 2.14. The van der Waals surface area contributed by atoms with Crippen LogP contribution < -0.4 is 0 Å². The minimum absolute atomic E-state index is 0.272. The maximum atomic E-state index is 13.2. The number of nitro benzene ring substituents is 1. The molecule has 1 heterocycles. The first-order valence-corrected chi connectivity index (χ1v) is 7.57. The standard InChI is InChI=1S/C14H13FN4O2S/c1-2-7-18-13(9-3-4-9)16-17-14(18)22-12-6-5-10(15)8-11(12)19(20)21/h2,5-6,8-9H,1,3-4,7H2. The average molecular weight is 320 g/mol. The number of aromatic nitrogens is 3. The molecule has 114 valence electrons. The number of nitrogens with zero attached hydrogens (tertiary/aromatic N) is 4. The molecule has 0 bridgehead atoms. The van der Waals surface area contributed by atoms with Gasteiger partial charge in [-0.05, 0) is 36.7 Å². The summed E-state index contributed by atoms with van der Waals surface area (Å²) in [7, 11) is 0. The first kappa shape index (κ1) is 14.7. The highest BCUT2D eigenvalue weighted by molar-refractivity contribution is 7.99. The molecule has 0 unspecified atom stereocenters. The largest absolute Gasteiger partial charge is 0.302 e. The van der Waals surface area contributed by atoms with Gasteiger partial charge in [-0.3, -0.25) is 10.1 Å². The number of rotatable bonds is 6. The minimum Gasteiger partial charge on any atom is -0.302 e. The number of benzene rings is 1. The maximum absolute atomic E-state index is 13.2. The van der Waals surface area contributed by atoms with Crippen molar-refractivity contribution < 1.29 is 9.31 Å². The highest BCUT2D eigenvalue weighted by atomic mass is 32.2. The van der Waals surface area contributed by atoms with E-state index in [9.17, 15) is 14.5 Å². The van der Waals surface area contributed by atoms with Gasteiger partial charge in [0.1, 0.15) is 11.6 Å². The zero-order valence-corrected chi connectivity index (χ0v) is 12.4. The first-order chi connectivity index (χ1) is 10.6. The SMILES string of the molecule is C=CCn1c(Sc2ccc(F)cc2[N+](=O)[O-])nnc1C1CC1. The second-order valence-corrected chi connectivity index (χ2v) is 5.99. The van der Waals surface area contributed by atoms with Crippen LogP contribution in [0.4, 0.5) is 10.1 Å². The summed E-state index contributed by atoms with van der Waals surface area (Å²) in [6, 6.07) is 3.51. The molecule has 6 nitrogen and oxygen atoms in total. The quantitative estimate of drug-likeness (QED) is 0.462. The van der Waals surface area contributed by atoms with Gasteiger partial charge in [-0.1, -0.05) is 6.08 Å². The topological polar surface area (TPSA) is 73.8 Å². The van der Waals surface area contributed by atoms with Crippen molar-refractivity contribution in [3.8, 4) is 0 Å². The van der Waals surface area contributed by atoms with E-state index in [-0.39, 0.29) is 5.69 Å². The second-order valence-electron chi connectivity index (χ2n) is 4.99. The third-order valence-electron chi connectivity index (χ3n) is 3.32. The fourth-order valence-corrected chi connectivity index (χ4v) is 3.07. The molecule has 1 fully saturated rings. The van der Waals surface area contributed by atoms with E-state index in [1.54, 1.807) is 6.08 Å². The van der Waals surface area contributed by atoms with Crippen LogP contribution in [-0.2, 0) is 6.54 Å². The summed E-state index contributed by atoms with van der Waals surface area (Å²) in [4.78, 5) is 10.8. The van der Waals surface area contributed by atoms with Crippen molar-refractivity contribution in [2.75, 3.05) is 0 Å². The molecule has 8 heteroatoms. The molecule has 0 amide bonds. The fraction of sp³-hybridized carbons (Fsp3) is 0.286. The van der Waals surface area contributed by atoms with E-state index < -0.39 is 10.7 Å². The van der Waals surface area contributed by atoms with Crippen LogP contribution in [0, 0.1) is 15.9 Å². The van der Waals surface area contributed by atoms with Crippen molar-refractivity contribution >= 4 is 17.4 Å². The Balaban J connectivity index is 1.96. The van der Waals surface area contributed by atoms with E-state index in [2.05, 4.69) is 16.8 Å². The summed E-state index contributed by atoms with van der Waals surface area (Å²) in [5.41, 5.74) is -0.272. The number of halogens is 1. The van der Waals surface area contributed by atoms with Crippen LogP contribution in [0.3, 0.4) is 0 Å². The molecular weight excluding hydrogens is 307 g/mol. The Labute approximate surface area is 130 Å². The summed E-state index contributed by atoms with van der Waals surface area (Å²) in [6.45, 7) is 4.26. The van der Waals surface area contributed by atoms with E-state index in [0.29, 0.717) is 22.5 Å². The van der Waals surface area contributed by atoms with Crippen molar-refractivity contribution in [3.63, 3.8) is 0 Å². The summed E-state index contributed by atoms with van der Waals surface area (Å²) in [5.74, 6) is 0.652. The maximum Gasteiger partial charge on any atom is 0.286 e. The molecule has 3 rings (SSSR count). The molecule has 0 N–H and O–H groups in total. The van der Waals surface area contributed by atoms with Crippen molar-refractivity contribution in [1.82, 2.24) is 14.8 Å². The molecule has 22 heavy (non-hydrogen) atoms. The van der Waals surface area contributed by atoms with E-state index in [0.717, 1.165) is 36.5 Å². The molecule has 1 aromatic carbocycles. The van der Waals surface area contributed by atoms with Crippen molar-refractivity contribution in [2.24, 2.45) is 0 Å². The molecule has 0 spiro atoms. The Morgan fingerprint density at radius 2 is 2.27 bits per heavy atom. The third-order valence-corrected chi connectivity index (χ3v) is 4.37. The number of nitro groups is 1. The average Bonchev–Trinajstić information content (AvgIpc) is 3.25. The predicted molar refractivity (Wildman–Crippen MR) is 79.4 cm³/mol. The Hall–Kier alpha value is -2.22. The lowest BCUT2D eigenvalue weighted by atomic mass is 10.3. The molecule has 1 aromatic heterocycles. The van der Waals surface area contributed by atoms with Gasteiger partial charge in [0.05, 0.1) is 15.9 Å². The number of hydrogen-bond donors (Lipinski definition) is 0. The molecular formula is C14H13FN4O2S. The van der Waals surface area contributed by atoms with Crippen LogP contribution in [-0.4, -0.2) is 19.7 Å². The lowest BCUT2D eigenvalue weighted by Crippen LogP contribution is -2.03. The molecule has 0 atom stereocenters. The summed E-state index contributed by atoms with van der Waals surface area (Å²) < 4.78 is 15.1. The van der Waals surface area contributed by atoms with Crippen LogP contribution in [0.5, 0.6) is 0 Å². The molecule has 2 aromatic rings. The van der Waals surface area contributed by atoms with Gasteiger partial charge in [-0.25, -0.2) is 4.39 Å². The summed E-state index contributed by atoms with van der Waals surface area (Å²) in [5, 5.41) is 19.9. The Morgan fingerprint density at radius 3 is 2.91 bits per heavy atom. The lowest BCUT2D eigenvalue weighted by Gasteiger charge is -2.07. The number of allylic oxidation sites excluding steroid dienone is 1. The normalized spacial score (nSPS) is 14.0. The van der Waals surface area contributed by atoms with Gasteiger partial charge in [0, 0.05) is 12.5 Å². The minimum atomic E-state index is -0.637. The smallest absolute Gasteiger partial charge is 0.286 e. The Kier molecular flexibility index (Phi) is 3.93. The summed E-state index contributed by atoms with van der Waals surface area (Å²) in [6.07, 6.45) is 3.89. The highest BCUT2D eigenvalue weighted by Gasteiger charge is 2.30. The first-order valence-electron chi connectivity index (χ1n) is 6.76. The summed E-state index contributed by atoms with van der Waals surface area (Å²) >= 11 is 1.12.